The van der Waals surface area contributed by atoms with Crippen molar-refractivity contribution in [3.05, 3.63) is 69.4 Å². The number of rotatable bonds is 5. The van der Waals surface area contributed by atoms with E-state index in [-0.39, 0.29) is 24.4 Å². The highest BCUT2D eigenvalue weighted by Crippen LogP contribution is 2.23. The summed E-state index contributed by atoms with van der Waals surface area (Å²) in [6, 6.07) is 10.5. The van der Waals surface area contributed by atoms with E-state index in [0.717, 1.165) is 16.3 Å². The number of carbonyl (C=O) groups is 3. The van der Waals surface area contributed by atoms with Crippen LogP contribution in [0.25, 0.3) is 11.4 Å². The minimum absolute atomic E-state index is 0.0344. The molecule has 0 aliphatic carbocycles. The van der Waals surface area contributed by atoms with E-state index in [2.05, 4.69) is 0 Å². The van der Waals surface area contributed by atoms with Crippen molar-refractivity contribution in [1.82, 2.24) is 23.7 Å². The largest absolute Gasteiger partial charge is 0.327 e. The molecule has 0 spiro atoms. The van der Waals surface area contributed by atoms with Crippen LogP contribution in [0, 0.1) is 20.8 Å². The second kappa shape index (κ2) is 7.67. The first kappa shape index (κ1) is 21.4. The molecule has 0 atom stereocenters. The van der Waals surface area contributed by atoms with Crippen LogP contribution in [0.1, 0.15) is 27.4 Å². The minimum atomic E-state index is -0.484. The summed E-state index contributed by atoms with van der Waals surface area (Å²) < 4.78 is 5.14. The van der Waals surface area contributed by atoms with Gasteiger partial charge in [-0.1, -0.05) is 18.2 Å². The maximum Gasteiger partial charge on any atom is 0.327 e. The number of likely N-dealkylation sites (N-methyl/N-ethyl adjacent to an activating group) is 1. The van der Waals surface area contributed by atoms with Gasteiger partial charge in [-0.2, -0.15) is 0 Å². The molecule has 0 bridgehead atoms. The lowest BCUT2D eigenvalue weighted by Gasteiger charge is -2.13. The molecule has 0 saturated carbocycles. The Bertz CT molecular complexity index is 1310. The smallest absolute Gasteiger partial charge is 0.318 e. The number of ketones is 1. The molecule has 0 unspecified atom stereocenters. The van der Waals surface area contributed by atoms with E-state index in [1.54, 1.807) is 26.9 Å². The lowest BCUT2D eigenvalue weighted by molar-refractivity contribution is -0.125. The zero-order chi connectivity index (χ0) is 23.3. The summed E-state index contributed by atoms with van der Waals surface area (Å²) in [7, 11) is 3.33. The van der Waals surface area contributed by atoms with Crippen molar-refractivity contribution >= 4 is 17.7 Å². The summed E-state index contributed by atoms with van der Waals surface area (Å²) in [5.74, 6) is -0.748. The predicted molar refractivity (Wildman–Crippen MR) is 119 cm³/mol. The van der Waals surface area contributed by atoms with Crippen molar-refractivity contribution in [1.29, 1.82) is 0 Å². The van der Waals surface area contributed by atoms with Gasteiger partial charge in [0.05, 0.1) is 17.9 Å². The van der Waals surface area contributed by atoms with Crippen LogP contribution in [0.3, 0.4) is 0 Å². The molecule has 3 aromatic rings. The van der Waals surface area contributed by atoms with Gasteiger partial charge in [-0.15, -0.1) is 0 Å². The number of benzene rings is 1. The van der Waals surface area contributed by atoms with Crippen LogP contribution in [0.2, 0.25) is 0 Å². The Labute approximate surface area is 185 Å². The van der Waals surface area contributed by atoms with Gasteiger partial charge in [0.2, 0.25) is 0 Å². The van der Waals surface area contributed by atoms with Crippen molar-refractivity contribution in [3.8, 4) is 11.4 Å². The summed E-state index contributed by atoms with van der Waals surface area (Å²) in [5, 5.41) is 0. The van der Waals surface area contributed by atoms with Crippen LogP contribution < -0.4 is 5.56 Å². The number of Topliss-reactive ketones (excluding diaryl/α,β-unsaturated/α-hetero) is 1. The Morgan fingerprint density at radius 2 is 1.62 bits per heavy atom. The van der Waals surface area contributed by atoms with Gasteiger partial charge in [0, 0.05) is 31.0 Å². The van der Waals surface area contributed by atoms with Crippen molar-refractivity contribution < 1.29 is 14.4 Å². The topological polar surface area (TPSA) is 89.6 Å². The highest BCUT2D eigenvalue weighted by molar-refractivity contribution is 6.08. The molecule has 1 fully saturated rings. The number of aryl methyl sites for hydroxylation is 1. The molecule has 1 aliphatic heterocycles. The highest BCUT2D eigenvalue weighted by Gasteiger charge is 2.35. The number of urea groups is 1. The fourth-order valence-corrected chi connectivity index (χ4v) is 4.25. The average Bonchev–Trinajstić information content (AvgIpc) is 3.27. The fourth-order valence-electron chi connectivity index (χ4n) is 4.25. The minimum Gasteiger partial charge on any atom is -0.318 e. The molecular formula is C23H25N5O4. The molecule has 2 aromatic heterocycles. The zero-order valence-corrected chi connectivity index (χ0v) is 18.7. The maximum absolute atomic E-state index is 13.4. The van der Waals surface area contributed by atoms with E-state index in [1.165, 1.54) is 11.9 Å². The van der Waals surface area contributed by atoms with E-state index in [0.29, 0.717) is 22.6 Å². The van der Waals surface area contributed by atoms with Gasteiger partial charge in [-0.05, 0) is 39.0 Å². The normalized spacial score (nSPS) is 14.0. The molecule has 0 N–H and O–H groups in total. The number of nitrogens with zero attached hydrogens (tertiary/aromatic N) is 5. The summed E-state index contributed by atoms with van der Waals surface area (Å²) in [4.78, 5) is 52.9. The third kappa shape index (κ3) is 3.17. The van der Waals surface area contributed by atoms with Gasteiger partial charge in [-0.3, -0.25) is 24.0 Å². The zero-order valence-electron chi connectivity index (χ0n) is 18.7. The number of aromatic nitrogens is 3. The molecular weight excluding hydrogens is 410 g/mol. The maximum atomic E-state index is 13.4. The number of para-hydroxylation sites is 1. The van der Waals surface area contributed by atoms with Gasteiger partial charge >= 0.3 is 6.03 Å². The first-order valence-corrected chi connectivity index (χ1v) is 10.3. The molecule has 1 saturated heterocycles. The van der Waals surface area contributed by atoms with E-state index in [1.807, 2.05) is 51.2 Å². The predicted octanol–water partition coefficient (Wildman–Crippen LogP) is 1.97. The van der Waals surface area contributed by atoms with Crippen molar-refractivity contribution in [2.45, 2.75) is 20.8 Å². The Morgan fingerprint density at radius 1 is 0.969 bits per heavy atom. The molecule has 3 amide bonds. The molecule has 1 aromatic carbocycles. The van der Waals surface area contributed by atoms with E-state index in [9.17, 15) is 19.2 Å². The first-order valence-electron chi connectivity index (χ1n) is 10.3. The molecule has 3 heterocycles. The highest BCUT2D eigenvalue weighted by atomic mass is 16.2. The molecule has 32 heavy (non-hydrogen) atoms. The Morgan fingerprint density at radius 3 is 2.22 bits per heavy atom. The third-order valence-electron chi connectivity index (χ3n) is 6.01. The molecule has 4 rings (SSSR count). The lowest BCUT2D eigenvalue weighted by Crippen LogP contribution is -2.36. The van der Waals surface area contributed by atoms with Crippen LogP contribution in [0.5, 0.6) is 0 Å². The number of carbonyl (C=O) groups excluding carboxylic acids is 3. The van der Waals surface area contributed by atoms with Gasteiger partial charge in [-0.25, -0.2) is 9.48 Å². The second-order valence-electron chi connectivity index (χ2n) is 8.07. The first-order chi connectivity index (χ1) is 15.1. The van der Waals surface area contributed by atoms with E-state index in [4.69, 9.17) is 0 Å². The monoisotopic (exact) mass is 435 g/mol. The second-order valence-corrected chi connectivity index (χ2v) is 8.07. The van der Waals surface area contributed by atoms with Gasteiger partial charge in [0.25, 0.3) is 11.5 Å². The summed E-state index contributed by atoms with van der Waals surface area (Å²) in [5.41, 5.74) is 3.42. The van der Waals surface area contributed by atoms with Crippen molar-refractivity contribution in [2.75, 3.05) is 20.1 Å². The van der Waals surface area contributed by atoms with Gasteiger partial charge < -0.3 is 9.47 Å². The van der Waals surface area contributed by atoms with Crippen LogP contribution in [-0.2, 0) is 11.8 Å². The Kier molecular flexibility index (Phi) is 5.12. The SMILES string of the molecule is Cc1cc(C(=O)CN2C(=O)CN(C)C2=O)c(C)n1-c1c(C)n(C)n(-c2ccccc2)c1=O. The van der Waals surface area contributed by atoms with Gasteiger partial charge in [0.15, 0.2) is 5.78 Å². The Balaban J connectivity index is 1.77. The number of imide groups is 1. The standard InChI is InChI=1S/C23H25N5O4/c1-14-11-18(19(29)12-26-20(30)13-24(4)23(26)32)15(2)27(14)21-16(3)25(5)28(22(21)31)17-9-7-6-8-10-17/h6-11H,12-13H2,1-5H3. The molecule has 166 valence electrons. The third-order valence-corrected chi connectivity index (χ3v) is 6.01. The molecule has 1 aliphatic rings. The Hall–Kier alpha value is -3.88. The number of amides is 3. The van der Waals surface area contributed by atoms with Gasteiger partial charge in [0.1, 0.15) is 12.2 Å². The van der Waals surface area contributed by atoms with Crippen molar-refractivity contribution in [3.63, 3.8) is 0 Å². The number of hydrogen-bond acceptors (Lipinski definition) is 4. The molecule has 9 heteroatoms. The lowest BCUT2D eigenvalue weighted by atomic mass is 10.1. The summed E-state index contributed by atoms with van der Waals surface area (Å²) in [6.07, 6.45) is 0. The summed E-state index contributed by atoms with van der Waals surface area (Å²) >= 11 is 0. The van der Waals surface area contributed by atoms with E-state index < -0.39 is 11.9 Å². The summed E-state index contributed by atoms with van der Waals surface area (Å²) in [6.45, 7) is 5.08. The van der Waals surface area contributed by atoms with Crippen LogP contribution >= 0.6 is 0 Å². The van der Waals surface area contributed by atoms with Crippen molar-refractivity contribution in [2.24, 2.45) is 7.05 Å². The van der Waals surface area contributed by atoms with E-state index >= 15 is 0 Å². The molecule has 9 nitrogen and oxygen atoms in total. The van der Waals surface area contributed by atoms with Crippen LogP contribution in [-0.4, -0.2) is 61.6 Å². The van der Waals surface area contributed by atoms with Crippen LogP contribution in [0.4, 0.5) is 4.79 Å². The van der Waals surface area contributed by atoms with Crippen LogP contribution in [0.15, 0.2) is 41.2 Å². The molecule has 0 radical (unpaired) electrons. The fraction of sp³-hybridized carbons (Fsp3) is 0.304. The number of hydrogen-bond donors (Lipinski definition) is 0. The quantitative estimate of drug-likeness (QED) is 0.453. The average molecular weight is 435 g/mol.